The van der Waals surface area contributed by atoms with E-state index >= 15 is 0 Å². The first-order chi connectivity index (χ1) is 19.3. The first kappa shape index (κ1) is 32.8. The van der Waals surface area contributed by atoms with Crippen LogP contribution in [0.3, 0.4) is 0 Å². The molecule has 228 valence electrons. The molecule has 2 atom stereocenters. The Labute approximate surface area is 235 Å². The summed E-state index contributed by atoms with van der Waals surface area (Å²) in [6.45, 7) is 0. The molecule has 14 heteroatoms. The van der Waals surface area contributed by atoms with Crippen LogP contribution in [0.2, 0.25) is 0 Å². The second kappa shape index (κ2) is 14.3. The first-order valence-electron chi connectivity index (χ1n) is 13.4. The van der Waals surface area contributed by atoms with Gasteiger partial charge in [0.1, 0.15) is 0 Å². The fraction of sp³-hybridized carbons (Fsp3) is 0.556. The average Bonchev–Trinajstić information content (AvgIpc) is 3.41. The molecule has 8 N–H and O–H groups in total. The molecular weight excluding hydrogens is 544 g/mol. The van der Waals surface area contributed by atoms with Gasteiger partial charge in [-0.2, -0.15) is 0 Å². The van der Waals surface area contributed by atoms with Gasteiger partial charge in [-0.05, 0) is 25.7 Å². The summed E-state index contributed by atoms with van der Waals surface area (Å²) >= 11 is 0. The molecule has 0 amide bonds. The number of unbranched alkanes of at least 4 members (excludes halogenated alkanes) is 6. The maximum absolute atomic E-state index is 13.0. The molecule has 14 nitrogen and oxygen atoms in total. The number of carboxylic acid groups (broad SMARTS) is 4. The normalized spacial score (nSPS) is 14.2. The third-order valence-corrected chi connectivity index (χ3v) is 7.38. The summed E-state index contributed by atoms with van der Waals surface area (Å²) in [6.07, 6.45) is 1.02. The highest BCUT2D eigenvalue weighted by molar-refractivity contribution is 5.82. The summed E-state index contributed by atoms with van der Waals surface area (Å²) < 4.78 is 1.43. The predicted octanol–water partition coefficient (Wildman–Crippen LogP) is 3.61. The third kappa shape index (κ3) is 7.86. The Bertz CT molecular complexity index is 1090. The zero-order chi connectivity index (χ0) is 30.8. The minimum Gasteiger partial charge on any atom is -0.494 e. The lowest BCUT2D eigenvalue weighted by atomic mass is 9.75. The number of rotatable bonds is 20. The van der Waals surface area contributed by atoms with Crippen LogP contribution in [0.5, 0.6) is 23.5 Å². The van der Waals surface area contributed by atoms with Gasteiger partial charge in [0, 0.05) is 43.5 Å². The molecule has 0 saturated heterocycles. The van der Waals surface area contributed by atoms with Gasteiger partial charge in [-0.25, -0.2) is 9.59 Å². The van der Waals surface area contributed by atoms with Crippen molar-refractivity contribution in [3.63, 3.8) is 0 Å². The molecule has 0 fully saturated rings. The lowest BCUT2D eigenvalue weighted by Crippen LogP contribution is -2.53. The first-order valence-corrected chi connectivity index (χ1v) is 13.4. The lowest BCUT2D eigenvalue weighted by molar-refractivity contribution is -0.158. The molecule has 2 rings (SSSR count). The van der Waals surface area contributed by atoms with Crippen molar-refractivity contribution in [3.05, 3.63) is 24.3 Å². The van der Waals surface area contributed by atoms with Crippen molar-refractivity contribution in [2.24, 2.45) is 0 Å². The van der Waals surface area contributed by atoms with Gasteiger partial charge in [-0.1, -0.05) is 38.5 Å². The molecule has 0 spiro atoms. The van der Waals surface area contributed by atoms with Crippen LogP contribution in [0, 0.1) is 0 Å². The Balaban J connectivity index is 2.56. The molecule has 2 aromatic heterocycles. The Morgan fingerprint density at radius 1 is 0.512 bits per heavy atom. The lowest BCUT2D eigenvalue weighted by Gasteiger charge is -2.41. The number of hydrogen-bond acceptors (Lipinski definition) is 8. The number of carbonyl (C=O) groups is 4. The van der Waals surface area contributed by atoms with Gasteiger partial charge in [-0.3, -0.25) is 18.7 Å². The molecule has 0 saturated carbocycles. The number of hydrogen-bond donors (Lipinski definition) is 8. The monoisotopic (exact) mass is 582 g/mol. The fourth-order valence-corrected chi connectivity index (χ4v) is 5.40. The summed E-state index contributed by atoms with van der Waals surface area (Å²) in [6, 6.07) is 4.20. The Kier molecular flexibility index (Phi) is 11.5. The predicted molar refractivity (Wildman–Crippen MR) is 142 cm³/mol. The van der Waals surface area contributed by atoms with Crippen LogP contribution in [-0.2, 0) is 30.3 Å². The van der Waals surface area contributed by atoms with Crippen LogP contribution < -0.4 is 0 Å². The molecule has 41 heavy (non-hydrogen) atoms. The van der Waals surface area contributed by atoms with Crippen molar-refractivity contribution in [1.82, 2.24) is 9.13 Å². The topological polar surface area (TPSA) is 240 Å². The van der Waals surface area contributed by atoms with Crippen LogP contribution in [0.15, 0.2) is 24.3 Å². The molecule has 0 aliphatic heterocycles. The summed E-state index contributed by atoms with van der Waals surface area (Å²) in [7, 11) is 0. The zero-order valence-corrected chi connectivity index (χ0v) is 22.6. The van der Waals surface area contributed by atoms with Gasteiger partial charge < -0.3 is 40.9 Å². The van der Waals surface area contributed by atoms with E-state index in [1.165, 1.54) is 0 Å². The molecule has 2 heterocycles. The van der Waals surface area contributed by atoms with Gasteiger partial charge in [0.25, 0.3) is 0 Å². The number of aromatic hydroxyl groups is 4. The third-order valence-electron chi connectivity index (χ3n) is 7.38. The summed E-state index contributed by atoms with van der Waals surface area (Å²) in [5.74, 6) is -7.71. The van der Waals surface area contributed by atoms with Gasteiger partial charge in [0.2, 0.25) is 0 Å². The van der Waals surface area contributed by atoms with E-state index in [1.54, 1.807) is 0 Å². The molecular formula is C27H38N2O12. The van der Waals surface area contributed by atoms with E-state index in [4.69, 9.17) is 10.2 Å². The Hall–Kier alpha value is -4.36. The summed E-state index contributed by atoms with van der Waals surface area (Å²) in [5, 5.41) is 81.2. The molecule has 0 aromatic carbocycles. The van der Waals surface area contributed by atoms with Crippen molar-refractivity contribution >= 4 is 23.9 Å². The number of nitrogens with zero attached hydrogens (tertiary/aromatic N) is 2. The van der Waals surface area contributed by atoms with Crippen LogP contribution in [0.25, 0.3) is 0 Å². The highest BCUT2D eigenvalue weighted by Gasteiger charge is 2.54. The highest BCUT2D eigenvalue weighted by Crippen LogP contribution is 2.47. The van der Waals surface area contributed by atoms with Crippen molar-refractivity contribution < 1.29 is 60.0 Å². The second-order valence-corrected chi connectivity index (χ2v) is 10.2. The maximum Gasteiger partial charge on any atom is 0.330 e. The summed E-state index contributed by atoms with van der Waals surface area (Å²) in [4.78, 5) is 47.7. The van der Waals surface area contributed by atoms with Crippen molar-refractivity contribution in [2.75, 3.05) is 0 Å². The average molecular weight is 583 g/mol. The van der Waals surface area contributed by atoms with E-state index in [9.17, 15) is 49.8 Å². The molecule has 0 bridgehead atoms. The van der Waals surface area contributed by atoms with E-state index in [-0.39, 0.29) is 38.5 Å². The van der Waals surface area contributed by atoms with Crippen LogP contribution in [-0.4, -0.2) is 73.9 Å². The molecule has 0 aliphatic carbocycles. The van der Waals surface area contributed by atoms with E-state index in [2.05, 4.69) is 0 Å². The number of carboxylic acids is 4. The molecule has 0 radical (unpaired) electrons. The quantitative estimate of drug-likeness (QED) is 0.104. The van der Waals surface area contributed by atoms with E-state index < -0.39 is 64.9 Å². The van der Waals surface area contributed by atoms with E-state index in [1.807, 2.05) is 0 Å². The van der Waals surface area contributed by atoms with Crippen molar-refractivity contribution in [1.29, 1.82) is 0 Å². The fourth-order valence-electron chi connectivity index (χ4n) is 5.40. The van der Waals surface area contributed by atoms with E-state index in [0.29, 0.717) is 47.7 Å². The van der Waals surface area contributed by atoms with Crippen LogP contribution in [0.4, 0.5) is 0 Å². The SMILES string of the molecule is O=C(O)CCCCCCC(CC(CCCCCCC(=O)O)(C(=O)O)n1c(O)ccc1O)(C(=O)O)n1c(O)ccc1O. The molecule has 2 unspecified atom stereocenters. The standard InChI is InChI=1S/C27H38N2O12/c30-18-11-12-19(31)28(18)26(24(38)39,15-7-3-1-5-9-22(34)35)17-27(25(40)41,29-20(32)13-14-21(29)33)16-8-4-2-6-10-23(36)37/h11-14,30-33H,1-10,15-17H2,(H,34,35)(H,36,37)(H,38,39)(H,40,41). The van der Waals surface area contributed by atoms with Gasteiger partial charge >= 0.3 is 23.9 Å². The Morgan fingerprint density at radius 2 is 0.805 bits per heavy atom. The number of aromatic nitrogens is 2. The van der Waals surface area contributed by atoms with E-state index in [0.717, 1.165) is 24.3 Å². The van der Waals surface area contributed by atoms with Gasteiger partial charge in [-0.15, -0.1) is 0 Å². The van der Waals surface area contributed by atoms with Crippen molar-refractivity contribution in [3.8, 4) is 23.5 Å². The Morgan fingerprint density at radius 3 is 1.07 bits per heavy atom. The zero-order valence-electron chi connectivity index (χ0n) is 22.6. The maximum atomic E-state index is 13.0. The highest BCUT2D eigenvalue weighted by atomic mass is 16.4. The summed E-state index contributed by atoms with van der Waals surface area (Å²) in [5.41, 5.74) is -4.56. The number of aliphatic carboxylic acids is 4. The molecule has 2 aromatic rings. The van der Waals surface area contributed by atoms with Gasteiger partial charge in [0.15, 0.2) is 34.6 Å². The second-order valence-electron chi connectivity index (χ2n) is 10.2. The molecule has 0 aliphatic rings. The van der Waals surface area contributed by atoms with Gasteiger partial charge in [0.05, 0.1) is 0 Å². The van der Waals surface area contributed by atoms with Crippen LogP contribution in [0.1, 0.15) is 83.5 Å². The van der Waals surface area contributed by atoms with Crippen molar-refractivity contribution in [2.45, 2.75) is 94.5 Å². The smallest absolute Gasteiger partial charge is 0.330 e. The minimum atomic E-state index is -2.28. The van der Waals surface area contributed by atoms with Crippen LogP contribution >= 0.6 is 0 Å². The minimum absolute atomic E-state index is 0.0793. The largest absolute Gasteiger partial charge is 0.494 e.